The van der Waals surface area contributed by atoms with Crippen molar-refractivity contribution >= 4 is 45.5 Å². The molecule has 0 aliphatic rings. The summed E-state index contributed by atoms with van der Waals surface area (Å²) in [5, 5.41) is 0. The Morgan fingerprint density at radius 2 is 0.750 bits per heavy atom. The molecule has 0 fully saturated rings. The Balaban J connectivity index is 0. The van der Waals surface area contributed by atoms with Crippen molar-refractivity contribution < 1.29 is 14.1 Å². The summed E-state index contributed by atoms with van der Waals surface area (Å²) in [6.07, 6.45) is 0. The Bertz CT molecular complexity index is 3.25. The molecular weight excluding hydrogens is 145 g/mol. The Labute approximate surface area is 58.9 Å². The van der Waals surface area contributed by atoms with Crippen LogP contribution in [0.15, 0.2) is 0 Å². The van der Waals surface area contributed by atoms with E-state index < -0.39 is 0 Å². The number of hydrogen-bond donors (Lipinski definition) is 0. The normalized spacial score (nSPS) is 0. The number of hydrogen-bond acceptors (Lipinski definition) is 0. The summed E-state index contributed by atoms with van der Waals surface area (Å²) in [4.78, 5) is 0. The summed E-state index contributed by atoms with van der Waals surface area (Å²) in [5.74, 6) is 0. The summed E-state index contributed by atoms with van der Waals surface area (Å²) in [5.41, 5.74) is 0. The third-order valence-electron chi connectivity index (χ3n) is 0. The zero-order valence-electron chi connectivity index (χ0n) is 1.87. The average Bonchev–Trinajstić information content (AvgIpc) is 0. The van der Waals surface area contributed by atoms with Gasteiger partial charge in [-0.15, -0.1) is 0 Å². The molecule has 0 amide bonds. The van der Waals surface area contributed by atoms with Crippen LogP contribution in [0.1, 0.15) is 0 Å². The van der Waals surface area contributed by atoms with Crippen LogP contribution >= 0.6 is 0 Å². The molecule has 0 saturated heterocycles. The minimum Gasteiger partial charge on any atom is -1.00 e. The van der Waals surface area contributed by atoms with E-state index >= 15 is 0 Å². The first-order valence-electron chi connectivity index (χ1n) is 0. The molecule has 0 aromatic carbocycles. The van der Waals surface area contributed by atoms with Crippen LogP contribution in [-0.4, -0.2) is 45.5 Å². The Morgan fingerprint density at radius 3 is 0.750 bits per heavy atom. The van der Waals surface area contributed by atoms with E-state index in [4.69, 9.17) is 0 Å². The van der Waals surface area contributed by atoms with Crippen LogP contribution in [0, 0.1) is 0 Å². The third kappa shape index (κ3) is 10.4. The van der Waals surface area contributed by atoms with Gasteiger partial charge in [-0.05, 0) is 0 Å². The maximum absolute atomic E-state index is 0. The second-order valence-electron chi connectivity index (χ2n) is 0. The molecule has 4 heteroatoms. The van der Waals surface area contributed by atoms with Gasteiger partial charge in [0.15, 0.2) is 0 Å². The zero-order chi connectivity index (χ0) is 0. The van der Waals surface area contributed by atoms with Crippen molar-refractivity contribution in [2.75, 3.05) is 0 Å². The third-order valence-corrected chi connectivity index (χ3v) is 0. The Hall–Kier alpha value is 1.27. The topological polar surface area (TPSA) is 0 Å². The number of halogens is 3. The van der Waals surface area contributed by atoms with Crippen molar-refractivity contribution in [1.29, 1.82) is 0 Å². The van der Waals surface area contributed by atoms with Crippen LogP contribution < -0.4 is 9.41 Å². The van der Waals surface area contributed by atoms with Gasteiger partial charge in [0.25, 0.3) is 0 Å². The molecule has 0 saturated carbocycles. The molecular formula is HF3Sr. The second kappa shape index (κ2) is 28.3. The SMILES string of the molecule is F.[F-].[F-].[Sr+2]. The van der Waals surface area contributed by atoms with Crippen molar-refractivity contribution in [3.05, 3.63) is 0 Å². The van der Waals surface area contributed by atoms with Crippen molar-refractivity contribution in [1.82, 2.24) is 0 Å². The van der Waals surface area contributed by atoms with Crippen molar-refractivity contribution in [3.63, 3.8) is 0 Å². The molecule has 0 atom stereocenters. The van der Waals surface area contributed by atoms with Crippen molar-refractivity contribution in [2.45, 2.75) is 0 Å². The van der Waals surface area contributed by atoms with Gasteiger partial charge in [-0.25, -0.2) is 0 Å². The monoisotopic (exact) mass is 146 g/mol. The summed E-state index contributed by atoms with van der Waals surface area (Å²) in [6, 6.07) is 0. The predicted octanol–water partition coefficient (Wildman–Crippen LogP) is -6.22. The first-order valence-corrected chi connectivity index (χ1v) is 0. The van der Waals surface area contributed by atoms with E-state index in [2.05, 4.69) is 0 Å². The van der Waals surface area contributed by atoms with Gasteiger partial charge in [0.1, 0.15) is 0 Å². The van der Waals surface area contributed by atoms with Gasteiger partial charge in [0.2, 0.25) is 0 Å². The van der Waals surface area contributed by atoms with Crippen LogP contribution in [0.5, 0.6) is 0 Å². The van der Waals surface area contributed by atoms with E-state index in [0.29, 0.717) is 0 Å². The fourth-order valence-corrected chi connectivity index (χ4v) is 0. The number of rotatable bonds is 0. The van der Waals surface area contributed by atoms with Gasteiger partial charge in [-0.3, -0.25) is 4.70 Å². The molecule has 0 N–H and O–H groups in total. The molecule has 0 aromatic heterocycles. The predicted molar refractivity (Wildman–Crippen MR) is 8.26 cm³/mol. The largest absolute Gasteiger partial charge is 2.00 e. The molecule has 0 spiro atoms. The molecule has 0 heterocycles. The maximum Gasteiger partial charge on any atom is 2.00 e. The van der Waals surface area contributed by atoms with E-state index in [9.17, 15) is 0 Å². The average molecular weight is 146 g/mol. The fourth-order valence-electron chi connectivity index (χ4n) is 0. The molecule has 0 aromatic rings. The van der Waals surface area contributed by atoms with Crippen molar-refractivity contribution in [3.8, 4) is 0 Å². The molecule has 0 unspecified atom stereocenters. The van der Waals surface area contributed by atoms with Crippen LogP contribution in [-0.2, 0) is 0 Å². The van der Waals surface area contributed by atoms with E-state index in [0.717, 1.165) is 0 Å². The quantitative estimate of drug-likeness (QED) is 0.298. The molecule has 0 rings (SSSR count). The fraction of sp³-hybridized carbons (Fsp3) is 0. The van der Waals surface area contributed by atoms with Crippen molar-refractivity contribution in [2.24, 2.45) is 0 Å². The molecule has 0 aliphatic heterocycles. The maximum atomic E-state index is 0. The van der Waals surface area contributed by atoms with E-state index in [1.54, 1.807) is 0 Å². The van der Waals surface area contributed by atoms with Gasteiger partial charge in [0.05, 0.1) is 0 Å². The van der Waals surface area contributed by atoms with Crippen LogP contribution in [0.3, 0.4) is 0 Å². The van der Waals surface area contributed by atoms with Gasteiger partial charge < -0.3 is 9.41 Å². The standard InChI is InChI=1S/3FH.Sr/h3*1H;/q;;;+2/p-2. The van der Waals surface area contributed by atoms with E-state index in [1.165, 1.54) is 0 Å². The first kappa shape index (κ1) is 59.5. The van der Waals surface area contributed by atoms with Crippen LogP contribution in [0.25, 0.3) is 0 Å². The molecule has 0 nitrogen and oxygen atoms in total. The van der Waals surface area contributed by atoms with E-state index in [-0.39, 0.29) is 59.6 Å². The van der Waals surface area contributed by atoms with Crippen LogP contribution in [0.4, 0.5) is 4.70 Å². The summed E-state index contributed by atoms with van der Waals surface area (Å²) in [7, 11) is 0. The van der Waals surface area contributed by atoms with E-state index in [1.807, 2.05) is 0 Å². The Kier molecular flexibility index (Phi) is 421. The Morgan fingerprint density at radius 1 is 0.750 bits per heavy atom. The molecule has 24 valence electrons. The van der Waals surface area contributed by atoms with Gasteiger partial charge in [-0.2, -0.15) is 0 Å². The molecule has 0 bridgehead atoms. The zero-order valence-corrected chi connectivity index (χ0v) is 5.35. The first-order chi connectivity index (χ1) is 0. The minimum absolute atomic E-state index is 0. The summed E-state index contributed by atoms with van der Waals surface area (Å²) >= 11 is 0. The summed E-state index contributed by atoms with van der Waals surface area (Å²) < 4.78 is 0. The summed E-state index contributed by atoms with van der Waals surface area (Å²) in [6.45, 7) is 0. The second-order valence-corrected chi connectivity index (χ2v) is 0. The molecule has 4 heavy (non-hydrogen) atoms. The van der Waals surface area contributed by atoms with Gasteiger partial charge in [0, 0.05) is 0 Å². The van der Waals surface area contributed by atoms with Gasteiger partial charge in [-0.1, -0.05) is 0 Å². The molecule has 0 radical (unpaired) electrons. The molecule has 0 aliphatic carbocycles. The smallest absolute Gasteiger partial charge is 1.00 e. The van der Waals surface area contributed by atoms with Gasteiger partial charge >= 0.3 is 45.5 Å². The minimum atomic E-state index is 0. The van der Waals surface area contributed by atoms with Crippen LogP contribution in [0.2, 0.25) is 0 Å².